The van der Waals surface area contributed by atoms with Crippen molar-refractivity contribution in [3.8, 4) is 0 Å². The Morgan fingerprint density at radius 2 is 2.15 bits per heavy atom. The standard InChI is InChI=1S/C12H17BrFN3O3/c1-16(2)4-6-20-5-3-15-11-7-9(13)10(14)8-12(11)17(18)19/h7-8,15H,3-6H2,1-2H3. The molecule has 0 saturated carbocycles. The molecule has 6 nitrogen and oxygen atoms in total. The van der Waals surface area contributed by atoms with Crippen LogP contribution in [-0.2, 0) is 4.74 Å². The summed E-state index contributed by atoms with van der Waals surface area (Å²) >= 11 is 3.00. The Labute approximate surface area is 125 Å². The molecular formula is C12H17BrFN3O3. The van der Waals surface area contributed by atoms with E-state index in [1.165, 1.54) is 6.07 Å². The van der Waals surface area contributed by atoms with Crippen LogP contribution in [0.3, 0.4) is 0 Å². The predicted octanol–water partition coefficient (Wildman–Crippen LogP) is 2.49. The minimum Gasteiger partial charge on any atom is -0.378 e. The molecule has 1 N–H and O–H groups in total. The molecule has 0 fully saturated rings. The summed E-state index contributed by atoms with van der Waals surface area (Å²) in [5.74, 6) is -0.663. The van der Waals surface area contributed by atoms with E-state index in [4.69, 9.17) is 4.74 Å². The molecule has 0 heterocycles. The van der Waals surface area contributed by atoms with Crippen LogP contribution in [0.15, 0.2) is 16.6 Å². The number of nitrogens with zero attached hydrogens (tertiary/aromatic N) is 2. The number of halogens is 2. The number of nitro groups is 1. The number of nitrogens with one attached hydrogen (secondary N) is 1. The quantitative estimate of drug-likeness (QED) is 0.443. The number of anilines is 1. The maximum atomic E-state index is 13.3. The fraction of sp³-hybridized carbons (Fsp3) is 0.500. The van der Waals surface area contributed by atoms with Crippen molar-refractivity contribution in [2.24, 2.45) is 0 Å². The lowest BCUT2D eigenvalue weighted by Gasteiger charge is -2.11. The minimum absolute atomic E-state index is 0.180. The molecule has 1 aromatic carbocycles. The van der Waals surface area contributed by atoms with Crippen LogP contribution in [0.1, 0.15) is 0 Å². The zero-order valence-electron chi connectivity index (χ0n) is 11.4. The van der Waals surface area contributed by atoms with E-state index < -0.39 is 10.7 Å². The Morgan fingerprint density at radius 3 is 2.75 bits per heavy atom. The van der Waals surface area contributed by atoms with Crippen molar-refractivity contribution in [1.29, 1.82) is 0 Å². The van der Waals surface area contributed by atoms with Gasteiger partial charge in [0.2, 0.25) is 0 Å². The molecule has 0 aliphatic carbocycles. The summed E-state index contributed by atoms with van der Waals surface area (Å²) in [5, 5.41) is 13.7. The molecule has 0 amide bonds. The second kappa shape index (κ2) is 8.13. The molecule has 112 valence electrons. The number of benzene rings is 1. The molecule has 0 saturated heterocycles. The molecule has 20 heavy (non-hydrogen) atoms. The molecule has 8 heteroatoms. The van der Waals surface area contributed by atoms with Crippen LogP contribution in [0.2, 0.25) is 0 Å². The van der Waals surface area contributed by atoms with Gasteiger partial charge in [-0.15, -0.1) is 0 Å². The van der Waals surface area contributed by atoms with Gasteiger partial charge in [-0.3, -0.25) is 10.1 Å². The molecule has 0 unspecified atom stereocenters. The highest BCUT2D eigenvalue weighted by Gasteiger charge is 2.17. The summed E-state index contributed by atoms with van der Waals surface area (Å²) in [6, 6.07) is 2.24. The average Bonchev–Trinajstić information content (AvgIpc) is 2.36. The second-order valence-corrected chi connectivity index (χ2v) is 5.24. The highest BCUT2D eigenvalue weighted by atomic mass is 79.9. The molecular weight excluding hydrogens is 333 g/mol. The number of rotatable bonds is 8. The third-order valence-electron chi connectivity index (χ3n) is 2.48. The van der Waals surface area contributed by atoms with Gasteiger partial charge in [-0.1, -0.05) is 0 Å². The molecule has 0 aliphatic rings. The van der Waals surface area contributed by atoms with Crippen molar-refractivity contribution in [3.63, 3.8) is 0 Å². The van der Waals surface area contributed by atoms with Gasteiger partial charge in [0.15, 0.2) is 0 Å². The first-order chi connectivity index (χ1) is 9.41. The molecule has 0 atom stereocenters. The lowest BCUT2D eigenvalue weighted by Crippen LogP contribution is -2.20. The lowest BCUT2D eigenvalue weighted by molar-refractivity contribution is -0.384. The van der Waals surface area contributed by atoms with Crippen molar-refractivity contribution in [2.75, 3.05) is 45.7 Å². The van der Waals surface area contributed by atoms with E-state index in [1.807, 2.05) is 19.0 Å². The van der Waals surface area contributed by atoms with Crippen LogP contribution < -0.4 is 5.32 Å². The number of likely N-dealkylation sites (N-methyl/N-ethyl adjacent to an activating group) is 1. The van der Waals surface area contributed by atoms with Crippen LogP contribution in [0, 0.1) is 15.9 Å². The molecule has 0 aliphatic heterocycles. The van der Waals surface area contributed by atoms with Crippen LogP contribution in [0.25, 0.3) is 0 Å². The Morgan fingerprint density at radius 1 is 1.45 bits per heavy atom. The summed E-state index contributed by atoms with van der Waals surface area (Å²) in [4.78, 5) is 12.2. The van der Waals surface area contributed by atoms with E-state index in [9.17, 15) is 14.5 Å². The lowest BCUT2D eigenvalue weighted by atomic mass is 10.2. The van der Waals surface area contributed by atoms with Crippen molar-refractivity contribution >= 4 is 27.3 Å². The second-order valence-electron chi connectivity index (χ2n) is 4.38. The Balaban J connectivity index is 2.51. The average molecular weight is 350 g/mol. The number of nitro benzene ring substituents is 1. The van der Waals surface area contributed by atoms with Gasteiger partial charge in [0.05, 0.1) is 28.7 Å². The summed E-state index contributed by atoms with van der Waals surface area (Å²) in [6.45, 7) is 2.22. The van der Waals surface area contributed by atoms with Gasteiger partial charge in [-0.2, -0.15) is 0 Å². The molecule has 0 spiro atoms. The fourth-order valence-electron chi connectivity index (χ4n) is 1.44. The predicted molar refractivity (Wildman–Crippen MR) is 78.6 cm³/mol. The van der Waals surface area contributed by atoms with E-state index in [2.05, 4.69) is 21.2 Å². The number of ether oxygens (including phenoxy) is 1. The van der Waals surface area contributed by atoms with Crippen LogP contribution >= 0.6 is 15.9 Å². The van der Waals surface area contributed by atoms with Crippen LogP contribution in [0.4, 0.5) is 15.8 Å². The van der Waals surface area contributed by atoms with E-state index in [1.54, 1.807) is 0 Å². The maximum Gasteiger partial charge on any atom is 0.295 e. The van der Waals surface area contributed by atoms with Crippen LogP contribution in [-0.4, -0.2) is 50.2 Å². The fourth-order valence-corrected chi connectivity index (χ4v) is 1.78. The summed E-state index contributed by atoms with van der Waals surface area (Å²) in [6.07, 6.45) is 0. The van der Waals surface area contributed by atoms with E-state index in [0.29, 0.717) is 19.8 Å². The third kappa shape index (κ3) is 5.40. The zero-order valence-corrected chi connectivity index (χ0v) is 12.9. The third-order valence-corrected chi connectivity index (χ3v) is 3.09. The van der Waals surface area contributed by atoms with E-state index in [-0.39, 0.29) is 15.8 Å². The van der Waals surface area contributed by atoms with E-state index in [0.717, 1.165) is 12.6 Å². The molecule has 0 bridgehead atoms. The smallest absolute Gasteiger partial charge is 0.295 e. The number of hydrogen-bond donors (Lipinski definition) is 1. The topological polar surface area (TPSA) is 67.6 Å². The van der Waals surface area contributed by atoms with Crippen molar-refractivity contribution < 1.29 is 14.1 Å². The molecule has 1 aromatic rings. The summed E-state index contributed by atoms with van der Waals surface area (Å²) < 4.78 is 18.8. The Hall–Kier alpha value is -1.25. The number of hydrogen-bond acceptors (Lipinski definition) is 5. The molecule has 1 rings (SSSR count). The van der Waals surface area contributed by atoms with E-state index >= 15 is 0 Å². The summed E-state index contributed by atoms with van der Waals surface area (Å²) in [7, 11) is 3.89. The van der Waals surface area contributed by atoms with Crippen LogP contribution in [0.5, 0.6) is 0 Å². The Kier molecular flexibility index (Phi) is 6.83. The normalized spacial score (nSPS) is 10.8. The molecule has 0 aromatic heterocycles. The van der Waals surface area contributed by atoms with Gasteiger partial charge < -0.3 is 15.0 Å². The van der Waals surface area contributed by atoms with Gasteiger partial charge >= 0.3 is 0 Å². The first-order valence-electron chi connectivity index (χ1n) is 6.01. The maximum absolute atomic E-state index is 13.3. The first-order valence-corrected chi connectivity index (χ1v) is 6.81. The van der Waals surface area contributed by atoms with Gasteiger partial charge in [0.25, 0.3) is 5.69 Å². The van der Waals surface area contributed by atoms with Gasteiger partial charge in [-0.05, 0) is 36.1 Å². The minimum atomic E-state index is -0.663. The van der Waals surface area contributed by atoms with Gasteiger partial charge in [0, 0.05) is 13.1 Å². The highest BCUT2D eigenvalue weighted by molar-refractivity contribution is 9.10. The zero-order chi connectivity index (χ0) is 15.1. The van der Waals surface area contributed by atoms with Gasteiger partial charge in [0.1, 0.15) is 11.5 Å². The largest absolute Gasteiger partial charge is 0.378 e. The first kappa shape index (κ1) is 16.8. The monoisotopic (exact) mass is 349 g/mol. The van der Waals surface area contributed by atoms with Crippen molar-refractivity contribution in [1.82, 2.24) is 4.90 Å². The van der Waals surface area contributed by atoms with Crippen molar-refractivity contribution in [3.05, 3.63) is 32.5 Å². The Bertz CT molecular complexity index is 472. The molecule has 0 radical (unpaired) electrons. The van der Waals surface area contributed by atoms with Gasteiger partial charge in [-0.25, -0.2) is 4.39 Å². The highest BCUT2D eigenvalue weighted by Crippen LogP contribution is 2.30. The SMILES string of the molecule is CN(C)CCOCCNc1cc(Br)c(F)cc1[N+](=O)[O-]. The summed E-state index contributed by atoms with van der Waals surface area (Å²) in [5.41, 5.74) is -0.0292. The van der Waals surface area contributed by atoms with Crippen molar-refractivity contribution in [2.45, 2.75) is 0 Å².